The van der Waals surface area contributed by atoms with Crippen molar-refractivity contribution in [2.75, 3.05) is 26.4 Å². The largest absolute Gasteiger partial charge is 0.338 e. The molecule has 1 amide bonds. The lowest BCUT2D eigenvalue weighted by molar-refractivity contribution is -0.129. The molecule has 0 saturated carbocycles. The van der Waals surface area contributed by atoms with Crippen molar-refractivity contribution in [3.63, 3.8) is 0 Å². The van der Waals surface area contributed by atoms with Crippen LogP contribution in [0.3, 0.4) is 0 Å². The van der Waals surface area contributed by atoms with Gasteiger partial charge in [0.15, 0.2) is 0 Å². The normalized spacial score (nSPS) is 21.9. The molecular formula is C17H26N2O3S. The van der Waals surface area contributed by atoms with Crippen molar-refractivity contribution in [2.24, 2.45) is 0 Å². The molecule has 1 aliphatic heterocycles. The number of hydrogen-bond donors (Lipinski definition) is 0. The summed E-state index contributed by atoms with van der Waals surface area (Å²) in [5.74, 6) is -0.455. The lowest BCUT2D eigenvalue weighted by atomic mass is 9.90. The molecule has 1 fully saturated rings. The molecule has 1 heterocycles. The average molecular weight is 338 g/mol. The molecule has 2 unspecified atom stereocenters. The van der Waals surface area contributed by atoms with Crippen LogP contribution < -0.4 is 0 Å². The number of hydrogen-bond acceptors (Lipinski definition) is 3. The van der Waals surface area contributed by atoms with Gasteiger partial charge in [-0.1, -0.05) is 36.8 Å². The molecule has 0 N–H and O–H groups in total. The van der Waals surface area contributed by atoms with Gasteiger partial charge >= 0.3 is 0 Å². The minimum absolute atomic E-state index is 0.0718. The van der Waals surface area contributed by atoms with Gasteiger partial charge < -0.3 is 4.90 Å². The van der Waals surface area contributed by atoms with Gasteiger partial charge in [-0.25, -0.2) is 12.7 Å². The number of nitrogens with zero attached hydrogens (tertiary/aromatic N) is 2. The molecule has 128 valence electrons. The number of likely N-dealkylation sites (tertiary alicyclic amines) is 1. The third-order valence-electron chi connectivity index (χ3n) is 4.65. The minimum Gasteiger partial charge on any atom is -0.338 e. The van der Waals surface area contributed by atoms with Crippen molar-refractivity contribution < 1.29 is 13.2 Å². The maximum atomic E-state index is 12.5. The zero-order chi connectivity index (χ0) is 17.2. The molecule has 0 aromatic heterocycles. The number of sulfonamides is 1. The summed E-state index contributed by atoms with van der Waals surface area (Å²) >= 11 is 0. The van der Waals surface area contributed by atoms with Crippen molar-refractivity contribution in [1.82, 2.24) is 9.21 Å². The average Bonchev–Trinajstić information content (AvgIpc) is 2.91. The monoisotopic (exact) mass is 338 g/mol. The van der Waals surface area contributed by atoms with E-state index in [9.17, 15) is 13.2 Å². The summed E-state index contributed by atoms with van der Waals surface area (Å²) in [7, 11) is -0.597. The SMILES string of the molecule is CCC1C(c2ccc(C)cc2)CCN1C(=O)CS(=O)(=O)N(C)C. The second kappa shape index (κ2) is 7.01. The Labute approximate surface area is 139 Å². The predicted octanol–water partition coefficient (Wildman–Crippen LogP) is 1.98. The first-order valence-electron chi connectivity index (χ1n) is 8.02. The molecule has 5 nitrogen and oxygen atoms in total. The van der Waals surface area contributed by atoms with Crippen LogP contribution in [-0.4, -0.2) is 56.0 Å². The Balaban J connectivity index is 2.16. The van der Waals surface area contributed by atoms with Crippen LogP contribution in [0.2, 0.25) is 0 Å². The van der Waals surface area contributed by atoms with Crippen LogP contribution in [0, 0.1) is 6.92 Å². The lowest BCUT2D eigenvalue weighted by Crippen LogP contribution is -2.42. The molecule has 23 heavy (non-hydrogen) atoms. The van der Waals surface area contributed by atoms with Gasteiger partial charge in [0.1, 0.15) is 5.75 Å². The van der Waals surface area contributed by atoms with Crippen molar-refractivity contribution in [3.05, 3.63) is 35.4 Å². The van der Waals surface area contributed by atoms with E-state index >= 15 is 0 Å². The van der Waals surface area contributed by atoms with Crippen molar-refractivity contribution in [1.29, 1.82) is 0 Å². The zero-order valence-corrected chi connectivity index (χ0v) is 15.1. The summed E-state index contributed by atoms with van der Waals surface area (Å²) in [6.45, 7) is 4.73. The van der Waals surface area contributed by atoms with Gasteiger partial charge in [-0.3, -0.25) is 4.79 Å². The van der Waals surface area contributed by atoms with E-state index in [0.717, 1.165) is 17.1 Å². The smallest absolute Gasteiger partial charge is 0.239 e. The fraction of sp³-hybridized carbons (Fsp3) is 0.588. The molecule has 1 aromatic rings. The third kappa shape index (κ3) is 3.93. The van der Waals surface area contributed by atoms with E-state index in [1.54, 1.807) is 4.90 Å². The standard InChI is InChI=1S/C17H26N2O3S/c1-5-16-15(14-8-6-13(2)7-9-14)10-11-19(16)17(20)12-23(21,22)18(3)4/h6-9,15-16H,5,10-12H2,1-4H3. The van der Waals surface area contributed by atoms with Crippen LogP contribution in [0.25, 0.3) is 0 Å². The van der Waals surface area contributed by atoms with Gasteiger partial charge in [-0.15, -0.1) is 0 Å². The van der Waals surface area contributed by atoms with Crippen molar-refractivity contribution >= 4 is 15.9 Å². The van der Waals surface area contributed by atoms with E-state index in [4.69, 9.17) is 0 Å². The Morgan fingerprint density at radius 1 is 1.26 bits per heavy atom. The van der Waals surface area contributed by atoms with E-state index in [2.05, 4.69) is 38.1 Å². The summed E-state index contributed by atoms with van der Waals surface area (Å²) in [5.41, 5.74) is 2.44. The highest BCUT2D eigenvalue weighted by Crippen LogP contribution is 2.35. The Bertz CT molecular complexity index is 653. The highest BCUT2D eigenvalue weighted by molar-refractivity contribution is 7.89. The summed E-state index contributed by atoms with van der Waals surface area (Å²) < 4.78 is 25.0. The van der Waals surface area contributed by atoms with Crippen LogP contribution in [-0.2, 0) is 14.8 Å². The third-order valence-corrected chi connectivity index (χ3v) is 6.38. The molecular weight excluding hydrogens is 312 g/mol. The zero-order valence-electron chi connectivity index (χ0n) is 14.3. The highest BCUT2D eigenvalue weighted by Gasteiger charge is 2.38. The number of rotatable bonds is 5. The maximum Gasteiger partial charge on any atom is 0.239 e. The number of amides is 1. The van der Waals surface area contributed by atoms with E-state index < -0.39 is 15.8 Å². The summed E-state index contributed by atoms with van der Waals surface area (Å²) in [6.07, 6.45) is 1.71. The van der Waals surface area contributed by atoms with E-state index in [1.807, 2.05) is 0 Å². The summed E-state index contributed by atoms with van der Waals surface area (Å²) in [4.78, 5) is 14.2. The predicted molar refractivity (Wildman–Crippen MR) is 91.8 cm³/mol. The molecule has 0 spiro atoms. The molecule has 2 rings (SSSR count). The van der Waals surface area contributed by atoms with Crippen LogP contribution in [0.4, 0.5) is 0 Å². The first-order chi connectivity index (χ1) is 10.8. The van der Waals surface area contributed by atoms with Crippen LogP contribution in [0.1, 0.15) is 36.8 Å². The topological polar surface area (TPSA) is 57.7 Å². The first kappa shape index (κ1) is 17.9. The Hall–Kier alpha value is -1.40. The number of aryl methyl sites for hydroxylation is 1. The van der Waals surface area contributed by atoms with E-state index in [0.29, 0.717) is 6.54 Å². The fourth-order valence-electron chi connectivity index (χ4n) is 3.24. The summed E-state index contributed by atoms with van der Waals surface area (Å²) in [5, 5.41) is 0. The van der Waals surface area contributed by atoms with E-state index in [1.165, 1.54) is 25.2 Å². The Morgan fingerprint density at radius 2 is 1.87 bits per heavy atom. The quantitative estimate of drug-likeness (QED) is 0.825. The van der Waals surface area contributed by atoms with Crippen molar-refractivity contribution in [2.45, 2.75) is 38.6 Å². The van der Waals surface area contributed by atoms with Gasteiger partial charge in [-0.2, -0.15) is 0 Å². The Morgan fingerprint density at radius 3 is 2.39 bits per heavy atom. The van der Waals surface area contributed by atoms with Crippen LogP contribution in [0.15, 0.2) is 24.3 Å². The van der Waals surface area contributed by atoms with Gasteiger partial charge in [0.05, 0.1) is 0 Å². The summed E-state index contributed by atoms with van der Waals surface area (Å²) in [6, 6.07) is 8.48. The van der Waals surface area contributed by atoms with Gasteiger partial charge in [0.25, 0.3) is 0 Å². The van der Waals surface area contributed by atoms with Gasteiger partial charge in [-0.05, 0) is 25.3 Å². The number of benzene rings is 1. The molecule has 1 aromatic carbocycles. The lowest BCUT2D eigenvalue weighted by Gasteiger charge is -2.28. The second-order valence-electron chi connectivity index (χ2n) is 6.41. The van der Waals surface area contributed by atoms with Gasteiger partial charge in [0.2, 0.25) is 15.9 Å². The fourth-order valence-corrected chi connectivity index (χ4v) is 3.97. The maximum absolute atomic E-state index is 12.5. The van der Waals surface area contributed by atoms with Crippen LogP contribution in [0.5, 0.6) is 0 Å². The number of carbonyl (C=O) groups excluding carboxylic acids is 1. The highest BCUT2D eigenvalue weighted by atomic mass is 32.2. The molecule has 0 aliphatic carbocycles. The molecule has 1 saturated heterocycles. The molecule has 6 heteroatoms. The molecule has 1 aliphatic rings. The van der Waals surface area contributed by atoms with Crippen molar-refractivity contribution in [3.8, 4) is 0 Å². The van der Waals surface area contributed by atoms with Gasteiger partial charge in [0, 0.05) is 32.6 Å². The Kier molecular flexibility index (Phi) is 5.47. The molecule has 0 radical (unpaired) electrons. The number of carbonyl (C=O) groups is 1. The van der Waals surface area contributed by atoms with Crippen LogP contribution >= 0.6 is 0 Å². The second-order valence-corrected chi connectivity index (χ2v) is 8.59. The van der Waals surface area contributed by atoms with E-state index in [-0.39, 0.29) is 17.9 Å². The first-order valence-corrected chi connectivity index (χ1v) is 9.63. The minimum atomic E-state index is -3.51. The molecule has 2 atom stereocenters. The molecule has 0 bridgehead atoms.